The molecule has 1 unspecified atom stereocenters. The Hall–Kier alpha value is -3.44. The maximum absolute atomic E-state index is 13.3. The summed E-state index contributed by atoms with van der Waals surface area (Å²) in [5.74, 6) is -1.54. The number of ether oxygens (including phenoxy) is 2. The third-order valence-corrected chi connectivity index (χ3v) is 8.49. The summed E-state index contributed by atoms with van der Waals surface area (Å²) in [4.78, 5) is 58.3. The smallest absolute Gasteiger partial charge is 0.442 e. The number of nitrogens with zero attached hydrogens (tertiary/aromatic N) is 3. The number of benzene rings is 1. The Morgan fingerprint density at radius 3 is 2.55 bits per heavy atom. The number of aliphatic hydroxyl groups excluding tert-OH is 1. The largest absolute Gasteiger partial charge is 0.494 e. The average Bonchev–Trinajstić information content (AvgIpc) is 3.36. The molecule has 1 saturated heterocycles. The minimum absolute atomic E-state index is 0.183. The highest BCUT2D eigenvalue weighted by Gasteiger charge is 2.28. The van der Waals surface area contributed by atoms with Gasteiger partial charge in [-0.2, -0.15) is 0 Å². The number of β-amino-alcohol motifs (C(OH)–C–C–N with tert-alkyl or cyclic N) is 1. The van der Waals surface area contributed by atoms with E-state index in [1.807, 2.05) is 0 Å². The number of aliphatic hydroxyl groups is 1. The Bertz CT molecular complexity index is 1330. The molecule has 1 saturated carbocycles. The molecule has 228 valence electrons. The summed E-state index contributed by atoms with van der Waals surface area (Å²) < 4.78 is 11.5. The fraction of sp³-hybridized carbons (Fsp3) is 0.613. The number of likely N-dealkylation sites (tertiary alicyclic amines) is 1. The van der Waals surface area contributed by atoms with Crippen LogP contribution < -0.4 is 19.9 Å². The molecule has 3 heterocycles. The van der Waals surface area contributed by atoms with Gasteiger partial charge < -0.3 is 24.3 Å². The first-order chi connectivity index (χ1) is 20.4. The van der Waals surface area contributed by atoms with Crippen LogP contribution >= 0.6 is 0 Å². The summed E-state index contributed by atoms with van der Waals surface area (Å²) in [5, 5.41) is 10.4. The summed E-state index contributed by atoms with van der Waals surface area (Å²) in [7, 11) is 0. The van der Waals surface area contributed by atoms with Crippen molar-refractivity contribution in [2.45, 2.75) is 76.7 Å². The monoisotopic (exact) mass is 583 g/mol. The van der Waals surface area contributed by atoms with Crippen LogP contribution in [0.3, 0.4) is 0 Å². The second-order valence-electron chi connectivity index (χ2n) is 11.7. The van der Waals surface area contributed by atoms with E-state index in [9.17, 15) is 24.3 Å². The van der Waals surface area contributed by atoms with Gasteiger partial charge in [0.2, 0.25) is 5.91 Å². The Morgan fingerprint density at radius 1 is 1.00 bits per heavy atom. The molecule has 1 N–H and O–H groups in total. The van der Waals surface area contributed by atoms with Gasteiger partial charge in [0, 0.05) is 44.5 Å². The maximum Gasteiger partial charge on any atom is 0.442 e. The van der Waals surface area contributed by atoms with E-state index >= 15 is 0 Å². The molecule has 2 aromatic rings. The minimum atomic E-state index is -1.27. The summed E-state index contributed by atoms with van der Waals surface area (Å²) >= 11 is 0. The topological polar surface area (TPSA) is 128 Å². The first kappa shape index (κ1) is 30.0. The second kappa shape index (κ2) is 14.2. The predicted molar refractivity (Wildman–Crippen MR) is 154 cm³/mol. The standard InChI is InChI=1S/C31H41N3O8/c35-24-13-14-32(21-24)15-16-33(20-22-8-4-2-1-3-5-9-22)28(36)10-6-7-17-40-25-11-12-26-23(18-25)19-27-29(37)34(26)42-31(39)30(38)41-27/h11-12,18-19,22,24,35H,1-10,13-17,20-21H2. The number of pyridine rings is 1. The van der Waals surface area contributed by atoms with E-state index in [1.54, 1.807) is 18.2 Å². The molecule has 11 heteroatoms. The third-order valence-electron chi connectivity index (χ3n) is 8.49. The first-order valence-corrected chi connectivity index (χ1v) is 15.3. The molecule has 1 atom stereocenters. The van der Waals surface area contributed by atoms with Crippen molar-refractivity contribution in [2.75, 3.05) is 39.3 Å². The summed E-state index contributed by atoms with van der Waals surface area (Å²) in [6, 6.07) is 6.30. The number of unbranched alkanes of at least 4 members (excludes halogenated alkanes) is 1. The molecular formula is C31H41N3O8. The molecule has 0 spiro atoms. The molecular weight excluding hydrogens is 542 g/mol. The maximum atomic E-state index is 13.3. The second-order valence-corrected chi connectivity index (χ2v) is 11.7. The van der Waals surface area contributed by atoms with Crippen molar-refractivity contribution in [3.63, 3.8) is 0 Å². The molecule has 5 rings (SSSR count). The molecule has 3 aliphatic rings. The number of fused-ring (bicyclic) bond motifs is 4. The lowest BCUT2D eigenvalue weighted by Gasteiger charge is -2.30. The highest BCUT2D eigenvalue weighted by molar-refractivity contribution is 6.30. The van der Waals surface area contributed by atoms with E-state index in [0.29, 0.717) is 61.5 Å². The minimum Gasteiger partial charge on any atom is -0.494 e. The van der Waals surface area contributed by atoms with Gasteiger partial charge in [-0.3, -0.25) is 14.5 Å². The van der Waals surface area contributed by atoms with Gasteiger partial charge in [0.1, 0.15) is 5.75 Å². The number of hydrogen-bond acceptors (Lipinski definition) is 9. The van der Waals surface area contributed by atoms with Crippen molar-refractivity contribution < 1.29 is 33.8 Å². The lowest BCUT2D eigenvalue weighted by atomic mass is 9.90. The van der Waals surface area contributed by atoms with Crippen LogP contribution in [0.2, 0.25) is 0 Å². The first-order valence-electron chi connectivity index (χ1n) is 15.3. The number of hydrogen-bond donors (Lipinski definition) is 1. The van der Waals surface area contributed by atoms with E-state index in [4.69, 9.17) is 14.3 Å². The van der Waals surface area contributed by atoms with Gasteiger partial charge in [-0.05, 0) is 62.3 Å². The van der Waals surface area contributed by atoms with E-state index < -0.39 is 17.5 Å². The quantitative estimate of drug-likeness (QED) is 0.241. The van der Waals surface area contributed by atoms with Gasteiger partial charge in [0.25, 0.3) is 0 Å². The Labute approximate surface area is 245 Å². The lowest BCUT2D eigenvalue weighted by Crippen LogP contribution is -2.41. The predicted octanol–water partition coefficient (Wildman–Crippen LogP) is 2.68. The van der Waals surface area contributed by atoms with Gasteiger partial charge in [-0.15, -0.1) is 4.73 Å². The normalized spacial score (nSPS) is 20.0. The fourth-order valence-electron chi connectivity index (χ4n) is 6.12. The van der Waals surface area contributed by atoms with Crippen LogP contribution in [0.1, 0.15) is 70.6 Å². The molecule has 2 fully saturated rings. The van der Waals surface area contributed by atoms with Crippen LogP contribution in [-0.2, 0) is 14.4 Å². The van der Waals surface area contributed by atoms with Crippen molar-refractivity contribution in [1.29, 1.82) is 0 Å². The number of aromatic nitrogens is 1. The fourth-order valence-corrected chi connectivity index (χ4v) is 6.12. The molecule has 11 nitrogen and oxygen atoms in total. The van der Waals surface area contributed by atoms with Crippen LogP contribution in [-0.4, -0.2) is 82.9 Å². The molecule has 42 heavy (non-hydrogen) atoms. The van der Waals surface area contributed by atoms with Crippen molar-refractivity contribution in [1.82, 2.24) is 14.5 Å². The van der Waals surface area contributed by atoms with E-state index in [-0.39, 0.29) is 17.8 Å². The Morgan fingerprint density at radius 2 is 1.79 bits per heavy atom. The number of carbonyl (C=O) groups is 3. The number of amides is 1. The number of esters is 1. The van der Waals surface area contributed by atoms with Gasteiger partial charge in [0.15, 0.2) is 5.75 Å². The van der Waals surface area contributed by atoms with Gasteiger partial charge in [-0.1, -0.05) is 32.1 Å². The lowest BCUT2D eigenvalue weighted by molar-refractivity contribution is -0.160. The summed E-state index contributed by atoms with van der Waals surface area (Å²) in [5.41, 5.74) is -0.428. The molecule has 2 aliphatic heterocycles. The van der Waals surface area contributed by atoms with E-state index in [1.165, 1.54) is 51.0 Å². The summed E-state index contributed by atoms with van der Waals surface area (Å²) in [6.45, 7) is 4.30. The number of carbonyl (C=O) groups excluding carboxylic acids is 3. The SMILES string of the molecule is O=C1Oc2cc3cc(OCCCCC(=O)N(CCN4CCC(O)C4)CC4CCCCCCC4)ccc3n(c2=O)OC1=O. The van der Waals surface area contributed by atoms with Gasteiger partial charge in [-0.25, -0.2) is 9.59 Å². The molecule has 1 aromatic carbocycles. The summed E-state index contributed by atoms with van der Waals surface area (Å²) in [6.07, 6.45) is 11.2. The molecule has 1 aromatic heterocycles. The molecule has 2 bridgehead atoms. The highest BCUT2D eigenvalue weighted by Crippen LogP contribution is 2.25. The Balaban J connectivity index is 1.13. The van der Waals surface area contributed by atoms with Crippen molar-refractivity contribution in [3.05, 3.63) is 34.6 Å². The van der Waals surface area contributed by atoms with Crippen LogP contribution in [0.15, 0.2) is 29.1 Å². The van der Waals surface area contributed by atoms with E-state index in [0.717, 1.165) is 30.8 Å². The number of rotatable bonds is 11. The molecule has 0 radical (unpaired) electrons. The highest BCUT2D eigenvalue weighted by atomic mass is 16.7. The molecule has 1 aliphatic carbocycles. The van der Waals surface area contributed by atoms with Crippen LogP contribution in [0.25, 0.3) is 10.9 Å². The third kappa shape index (κ3) is 7.69. The zero-order chi connectivity index (χ0) is 29.5. The Kier molecular flexibility index (Phi) is 10.1. The van der Waals surface area contributed by atoms with Crippen molar-refractivity contribution in [3.8, 4) is 11.5 Å². The zero-order valence-corrected chi connectivity index (χ0v) is 24.1. The van der Waals surface area contributed by atoms with Crippen LogP contribution in [0, 0.1) is 5.92 Å². The van der Waals surface area contributed by atoms with Crippen LogP contribution in [0.5, 0.6) is 11.5 Å². The van der Waals surface area contributed by atoms with E-state index in [2.05, 4.69) is 9.80 Å². The van der Waals surface area contributed by atoms with Crippen molar-refractivity contribution >= 4 is 28.7 Å². The van der Waals surface area contributed by atoms with Crippen LogP contribution in [0.4, 0.5) is 0 Å². The molecule has 1 amide bonds. The van der Waals surface area contributed by atoms with Gasteiger partial charge in [0.05, 0.1) is 18.2 Å². The average molecular weight is 584 g/mol. The zero-order valence-electron chi connectivity index (χ0n) is 24.1. The van der Waals surface area contributed by atoms with Crippen molar-refractivity contribution in [2.24, 2.45) is 5.92 Å². The van der Waals surface area contributed by atoms with Gasteiger partial charge >= 0.3 is 17.5 Å².